The molecule has 0 saturated carbocycles. The summed E-state index contributed by atoms with van der Waals surface area (Å²) in [4.78, 5) is 17.6. The van der Waals surface area contributed by atoms with Gasteiger partial charge in [0.2, 0.25) is 0 Å². The van der Waals surface area contributed by atoms with Crippen molar-refractivity contribution < 1.29 is 9.90 Å². The number of amides is 1. The molecule has 1 heterocycles. The fraction of sp³-hybridized carbons (Fsp3) is 0.190. The molecule has 0 aliphatic rings. The van der Waals surface area contributed by atoms with Crippen LogP contribution in [0.4, 0.5) is 0 Å². The van der Waals surface area contributed by atoms with Crippen LogP contribution in [0.15, 0.2) is 35.4 Å². The number of aryl methyl sites for hydroxylation is 4. The average Bonchev–Trinajstić information content (AvgIpc) is 3.01. The van der Waals surface area contributed by atoms with Crippen molar-refractivity contribution in [2.45, 2.75) is 27.7 Å². The summed E-state index contributed by atoms with van der Waals surface area (Å²) in [5.41, 5.74) is 7.47. The summed E-state index contributed by atoms with van der Waals surface area (Å²) in [5, 5.41) is 15.3. The second-order valence-corrected chi connectivity index (χ2v) is 8.03. The number of nitrogens with one attached hydrogen (secondary N) is 1. The number of phenolic OH excluding ortho intramolecular Hbond substituents is 1. The van der Waals surface area contributed by atoms with Gasteiger partial charge in [-0.2, -0.15) is 5.10 Å². The lowest BCUT2D eigenvalue weighted by Gasteiger charge is -2.04. The molecule has 1 aromatic heterocycles. The first-order valence-corrected chi connectivity index (χ1v) is 9.83. The summed E-state index contributed by atoms with van der Waals surface area (Å²) < 4.78 is 0. The van der Waals surface area contributed by atoms with Gasteiger partial charge in [0.05, 0.1) is 11.9 Å². The summed E-state index contributed by atoms with van der Waals surface area (Å²) in [6.45, 7) is 7.40. The van der Waals surface area contributed by atoms with Crippen molar-refractivity contribution in [3.05, 3.63) is 68.2 Å². The van der Waals surface area contributed by atoms with Gasteiger partial charge in [0.1, 0.15) is 15.6 Å². The number of halogens is 1. The van der Waals surface area contributed by atoms with Gasteiger partial charge in [0, 0.05) is 10.6 Å². The minimum absolute atomic E-state index is 0.270. The van der Waals surface area contributed by atoms with Crippen LogP contribution < -0.4 is 5.43 Å². The van der Waals surface area contributed by atoms with Gasteiger partial charge in [-0.05, 0) is 74.2 Å². The molecule has 7 heteroatoms. The molecule has 28 heavy (non-hydrogen) atoms. The number of aromatic nitrogens is 1. The molecule has 0 bridgehead atoms. The normalized spacial score (nSPS) is 11.2. The van der Waals surface area contributed by atoms with Crippen molar-refractivity contribution in [2.75, 3.05) is 0 Å². The first-order valence-electron chi connectivity index (χ1n) is 8.64. The van der Waals surface area contributed by atoms with Gasteiger partial charge in [-0.25, -0.2) is 10.4 Å². The van der Waals surface area contributed by atoms with E-state index in [0.29, 0.717) is 15.6 Å². The van der Waals surface area contributed by atoms with Crippen LogP contribution in [0.3, 0.4) is 0 Å². The number of rotatable bonds is 4. The van der Waals surface area contributed by atoms with E-state index in [1.165, 1.54) is 11.3 Å². The molecule has 2 aromatic carbocycles. The van der Waals surface area contributed by atoms with Gasteiger partial charge in [-0.3, -0.25) is 4.79 Å². The van der Waals surface area contributed by atoms with E-state index >= 15 is 0 Å². The van der Waals surface area contributed by atoms with Crippen LogP contribution >= 0.6 is 22.9 Å². The van der Waals surface area contributed by atoms with Crippen molar-refractivity contribution in [2.24, 2.45) is 5.10 Å². The Morgan fingerprint density at radius 3 is 2.46 bits per heavy atom. The molecule has 144 valence electrons. The fourth-order valence-electron chi connectivity index (χ4n) is 2.87. The number of carbonyl (C=O) groups excluding carboxylic acids is 1. The molecule has 2 N–H and O–H groups in total. The zero-order valence-electron chi connectivity index (χ0n) is 16.0. The van der Waals surface area contributed by atoms with E-state index in [0.717, 1.165) is 32.8 Å². The second-order valence-electron chi connectivity index (χ2n) is 6.60. The molecule has 0 radical (unpaired) electrons. The molecule has 3 rings (SSSR count). The van der Waals surface area contributed by atoms with E-state index in [4.69, 9.17) is 11.6 Å². The number of aromatic hydroxyl groups is 1. The monoisotopic (exact) mass is 413 g/mol. The number of hydrazone groups is 1. The molecular weight excluding hydrogens is 394 g/mol. The van der Waals surface area contributed by atoms with Gasteiger partial charge in [0.15, 0.2) is 0 Å². The standard InChI is InChI=1S/C21H20ClN3O2S/c1-11-9-16(22)5-6-17(11)21-24-14(4)19(28-21)20(27)25-23-10-15-7-12(2)18(26)13(3)8-15/h5-10,26H,1-4H3,(H,25,27)/b23-10+. The van der Waals surface area contributed by atoms with E-state index in [9.17, 15) is 9.90 Å². The third kappa shape index (κ3) is 4.24. The predicted octanol–water partition coefficient (Wildman–Crippen LogP) is 5.17. The lowest BCUT2D eigenvalue weighted by Crippen LogP contribution is -2.17. The highest BCUT2D eigenvalue weighted by atomic mass is 35.5. The van der Waals surface area contributed by atoms with Crippen LogP contribution in [0.1, 0.15) is 37.6 Å². The largest absolute Gasteiger partial charge is 0.507 e. The Kier molecular flexibility index (Phi) is 5.82. The summed E-state index contributed by atoms with van der Waals surface area (Å²) >= 11 is 7.34. The van der Waals surface area contributed by atoms with Crippen molar-refractivity contribution >= 4 is 35.1 Å². The minimum Gasteiger partial charge on any atom is -0.507 e. The molecule has 1 amide bonds. The molecule has 0 saturated heterocycles. The zero-order chi connectivity index (χ0) is 20.4. The molecule has 0 aliphatic carbocycles. The number of phenols is 1. The zero-order valence-corrected chi connectivity index (χ0v) is 17.6. The van der Waals surface area contributed by atoms with Crippen molar-refractivity contribution in [3.8, 4) is 16.3 Å². The van der Waals surface area contributed by atoms with Crippen molar-refractivity contribution in [1.29, 1.82) is 0 Å². The highest BCUT2D eigenvalue weighted by molar-refractivity contribution is 7.17. The van der Waals surface area contributed by atoms with Crippen molar-refractivity contribution in [1.82, 2.24) is 10.4 Å². The topological polar surface area (TPSA) is 74.6 Å². The number of hydrogen-bond acceptors (Lipinski definition) is 5. The van der Waals surface area contributed by atoms with Gasteiger partial charge in [-0.15, -0.1) is 11.3 Å². The number of carbonyl (C=O) groups is 1. The van der Waals surface area contributed by atoms with Crippen LogP contribution in [-0.2, 0) is 0 Å². The summed E-state index contributed by atoms with van der Waals surface area (Å²) in [6, 6.07) is 9.20. The van der Waals surface area contributed by atoms with Crippen LogP contribution in [0, 0.1) is 27.7 Å². The van der Waals surface area contributed by atoms with Gasteiger partial charge < -0.3 is 5.11 Å². The molecule has 0 atom stereocenters. The maximum absolute atomic E-state index is 12.5. The Bertz CT molecular complexity index is 1070. The number of hydrogen-bond donors (Lipinski definition) is 2. The first kappa shape index (κ1) is 20.0. The third-order valence-corrected chi connectivity index (χ3v) is 5.74. The molecule has 0 unspecified atom stereocenters. The number of nitrogens with zero attached hydrogens (tertiary/aromatic N) is 2. The predicted molar refractivity (Wildman–Crippen MR) is 115 cm³/mol. The quantitative estimate of drug-likeness (QED) is 0.457. The third-order valence-electron chi connectivity index (χ3n) is 4.31. The SMILES string of the molecule is Cc1cc(Cl)ccc1-c1nc(C)c(C(=O)N/N=C/c2cc(C)c(O)c(C)c2)s1. The molecule has 0 fully saturated rings. The fourth-order valence-corrected chi connectivity index (χ4v) is 4.14. The summed E-state index contributed by atoms with van der Waals surface area (Å²) in [6.07, 6.45) is 1.55. The van der Waals surface area contributed by atoms with Crippen molar-refractivity contribution in [3.63, 3.8) is 0 Å². The molecule has 5 nitrogen and oxygen atoms in total. The minimum atomic E-state index is -0.309. The highest BCUT2D eigenvalue weighted by Crippen LogP contribution is 2.31. The maximum atomic E-state index is 12.5. The highest BCUT2D eigenvalue weighted by Gasteiger charge is 2.17. The van der Waals surface area contributed by atoms with E-state index in [1.54, 1.807) is 25.3 Å². The Morgan fingerprint density at radius 2 is 1.82 bits per heavy atom. The Morgan fingerprint density at radius 1 is 1.14 bits per heavy atom. The Labute approximate surface area is 172 Å². The first-order chi connectivity index (χ1) is 13.3. The molecule has 0 spiro atoms. The van der Waals surface area contributed by atoms with Crippen LogP contribution in [0.5, 0.6) is 5.75 Å². The molecular formula is C21H20ClN3O2S. The second kappa shape index (κ2) is 8.12. The summed E-state index contributed by atoms with van der Waals surface area (Å²) in [7, 11) is 0. The Balaban J connectivity index is 1.77. The maximum Gasteiger partial charge on any atom is 0.283 e. The average molecular weight is 414 g/mol. The van der Waals surface area contributed by atoms with Gasteiger partial charge >= 0.3 is 0 Å². The molecule has 3 aromatic rings. The van der Waals surface area contributed by atoms with Gasteiger partial charge in [-0.1, -0.05) is 17.7 Å². The number of benzene rings is 2. The Hall–Kier alpha value is -2.70. The molecule has 0 aliphatic heterocycles. The van der Waals surface area contributed by atoms with E-state index in [2.05, 4.69) is 15.5 Å². The summed E-state index contributed by atoms with van der Waals surface area (Å²) in [5.74, 6) is -0.0390. The lowest BCUT2D eigenvalue weighted by atomic mass is 10.1. The van der Waals surface area contributed by atoms with Crippen LogP contribution in [0.25, 0.3) is 10.6 Å². The van der Waals surface area contributed by atoms with E-state index in [-0.39, 0.29) is 11.7 Å². The van der Waals surface area contributed by atoms with Crippen LogP contribution in [-0.4, -0.2) is 22.2 Å². The lowest BCUT2D eigenvalue weighted by molar-refractivity contribution is 0.0958. The van der Waals surface area contributed by atoms with E-state index < -0.39 is 0 Å². The van der Waals surface area contributed by atoms with Gasteiger partial charge in [0.25, 0.3) is 5.91 Å². The van der Waals surface area contributed by atoms with Crippen LogP contribution in [0.2, 0.25) is 5.02 Å². The van der Waals surface area contributed by atoms with E-state index in [1.807, 2.05) is 39.0 Å². The smallest absolute Gasteiger partial charge is 0.283 e. The number of thiazole rings is 1.